The fraction of sp³-hybridized carbons (Fsp3) is 0.333. The zero-order valence-corrected chi connectivity index (χ0v) is 10.5. The van der Waals surface area contributed by atoms with E-state index in [0.717, 1.165) is 17.3 Å². The first-order chi connectivity index (χ1) is 8.56. The first kappa shape index (κ1) is 12.4. The summed E-state index contributed by atoms with van der Waals surface area (Å²) >= 11 is 1.08. The second kappa shape index (κ2) is 5.08. The number of rotatable bonds is 5. The molecule has 0 aliphatic carbocycles. The van der Waals surface area contributed by atoms with E-state index in [0.29, 0.717) is 11.7 Å². The lowest BCUT2D eigenvalue weighted by Crippen LogP contribution is -2.07. The van der Waals surface area contributed by atoms with Crippen LogP contribution in [-0.2, 0) is 18.4 Å². The van der Waals surface area contributed by atoms with Crippen LogP contribution in [0.2, 0.25) is 0 Å². The highest BCUT2D eigenvalue weighted by Gasteiger charge is 2.12. The second-order valence-corrected chi connectivity index (χ2v) is 4.57. The molecule has 2 heterocycles. The molecule has 0 saturated heterocycles. The smallest absolute Gasteiger partial charge is 0.313 e. The van der Waals surface area contributed by atoms with Gasteiger partial charge in [-0.1, -0.05) is 11.8 Å². The molecule has 0 aromatic carbocycles. The Morgan fingerprint density at radius 3 is 2.94 bits per heavy atom. The Labute approximate surface area is 107 Å². The van der Waals surface area contributed by atoms with Crippen LogP contribution in [0, 0.1) is 0 Å². The van der Waals surface area contributed by atoms with Crippen LogP contribution in [0.15, 0.2) is 17.6 Å². The molecule has 0 saturated carbocycles. The van der Waals surface area contributed by atoms with Crippen LogP contribution >= 0.6 is 11.8 Å². The standard InChI is InChI=1S/C9H12N6O2S/c1-14-3-6(2-11-14)4-15-8(10)12-13-9(15)18-5-7(16)17/h2-3H,4-5H2,1H3,(H2,10,12)(H,16,17). The van der Waals surface area contributed by atoms with Crippen LogP contribution in [0.3, 0.4) is 0 Å². The average Bonchev–Trinajstić information content (AvgIpc) is 2.85. The highest BCUT2D eigenvalue weighted by molar-refractivity contribution is 7.99. The number of nitrogens with zero attached hydrogens (tertiary/aromatic N) is 5. The number of thioether (sulfide) groups is 1. The van der Waals surface area contributed by atoms with E-state index in [1.165, 1.54) is 0 Å². The minimum absolute atomic E-state index is 0.0782. The fourth-order valence-corrected chi connectivity index (χ4v) is 2.08. The molecule has 0 amide bonds. The Kier molecular flexibility index (Phi) is 3.51. The number of hydrogen-bond donors (Lipinski definition) is 2. The van der Waals surface area contributed by atoms with Crippen LogP contribution in [0.5, 0.6) is 0 Å². The topological polar surface area (TPSA) is 112 Å². The van der Waals surface area contributed by atoms with Gasteiger partial charge in [-0.15, -0.1) is 10.2 Å². The Balaban J connectivity index is 2.16. The van der Waals surface area contributed by atoms with Gasteiger partial charge in [-0.3, -0.25) is 14.0 Å². The molecule has 8 nitrogen and oxygen atoms in total. The summed E-state index contributed by atoms with van der Waals surface area (Å²) in [5.74, 6) is -0.730. The number of carboxylic acids is 1. The van der Waals surface area contributed by atoms with E-state index in [4.69, 9.17) is 10.8 Å². The summed E-state index contributed by atoms with van der Waals surface area (Å²) in [4.78, 5) is 10.5. The van der Waals surface area contributed by atoms with Crippen molar-refractivity contribution in [3.8, 4) is 0 Å². The molecule has 3 N–H and O–H groups in total. The number of aliphatic carboxylic acids is 1. The van der Waals surface area contributed by atoms with Crippen LogP contribution in [0.4, 0.5) is 5.95 Å². The summed E-state index contributed by atoms with van der Waals surface area (Å²) in [7, 11) is 1.82. The van der Waals surface area contributed by atoms with E-state index in [-0.39, 0.29) is 11.7 Å². The van der Waals surface area contributed by atoms with Gasteiger partial charge in [0.25, 0.3) is 0 Å². The molecule has 0 spiro atoms. The van der Waals surface area contributed by atoms with E-state index in [2.05, 4.69) is 15.3 Å². The molecule has 96 valence electrons. The van der Waals surface area contributed by atoms with E-state index in [9.17, 15) is 4.79 Å². The van der Waals surface area contributed by atoms with Gasteiger partial charge in [0.1, 0.15) is 0 Å². The number of hydrogen-bond acceptors (Lipinski definition) is 6. The molecular weight excluding hydrogens is 256 g/mol. The lowest BCUT2D eigenvalue weighted by molar-refractivity contribution is -0.133. The molecule has 18 heavy (non-hydrogen) atoms. The van der Waals surface area contributed by atoms with Crippen LogP contribution in [-0.4, -0.2) is 41.4 Å². The molecule has 0 aliphatic heterocycles. The van der Waals surface area contributed by atoms with Gasteiger partial charge in [0, 0.05) is 18.8 Å². The highest BCUT2D eigenvalue weighted by atomic mass is 32.2. The molecule has 0 bridgehead atoms. The predicted octanol–water partition coefficient (Wildman–Crippen LogP) is -0.181. The molecule has 0 unspecified atom stereocenters. The molecule has 0 atom stereocenters. The molecule has 0 radical (unpaired) electrons. The number of carbonyl (C=O) groups is 1. The molecule has 2 rings (SSSR count). The van der Waals surface area contributed by atoms with Crippen molar-refractivity contribution >= 4 is 23.7 Å². The van der Waals surface area contributed by atoms with Crippen molar-refractivity contribution in [1.82, 2.24) is 24.5 Å². The summed E-state index contributed by atoms with van der Waals surface area (Å²) in [6, 6.07) is 0. The van der Waals surface area contributed by atoms with Crippen molar-refractivity contribution in [3.63, 3.8) is 0 Å². The third kappa shape index (κ3) is 2.80. The van der Waals surface area contributed by atoms with Gasteiger partial charge in [-0.25, -0.2) is 0 Å². The van der Waals surface area contributed by atoms with E-state index in [1.54, 1.807) is 15.4 Å². The summed E-state index contributed by atoms with van der Waals surface area (Å²) < 4.78 is 3.34. The summed E-state index contributed by atoms with van der Waals surface area (Å²) in [6.07, 6.45) is 3.57. The Morgan fingerprint density at radius 1 is 1.56 bits per heavy atom. The lowest BCUT2D eigenvalue weighted by atomic mass is 10.3. The van der Waals surface area contributed by atoms with E-state index in [1.807, 2.05) is 13.2 Å². The van der Waals surface area contributed by atoms with Gasteiger partial charge >= 0.3 is 5.97 Å². The average molecular weight is 268 g/mol. The lowest BCUT2D eigenvalue weighted by Gasteiger charge is -2.05. The maximum Gasteiger partial charge on any atom is 0.313 e. The molecule has 0 fully saturated rings. The van der Waals surface area contributed by atoms with Crippen molar-refractivity contribution < 1.29 is 9.90 Å². The minimum Gasteiger partial charge on any atom is -0.481 e. The maximum atomic E-state index is 10.5. The van der Waals surface area contributed by atoms with E-state index >= 15 is 0 Å². The quantitative estimate of drug-likeness (QED) is 0.723. The second-order valence-electron chi connectivity index (χ2n) is 3.63. The monoisotopic (exact) mass is 268 g/mol. The maximum absolute atomic E-state index is 10.5. The Morgan fingerprint density at radius 2 is 2.33 bits per heavy atom. The molecule has 2 aromatic rings. The number of carboxylic acid groups (broad SMARTS) is 1. The largest absolute Gasteiger partial charge is 0.481 e. The summed E-state index contributed by atoms with van der Waals surface area (Å²) in [5.41, 5.74) is 6.65. The Hall–Kier alpha value is -2.03. The molecular formula is C9H12N6O2S. The number of aryl methyl sites for hydroxylation is 1. The zero-order chi connectivity index (χ0) is 13.1. The first-order valence-electron chi connectivity index (χ1n) is 5.07. The predicted molar refractivity (Wildman–Crippen MR) is 65.1 cm³/mol. The van der Waals surface area contributed by atoms with Crippen LogP contribution in [0.1, 0.15) is 5.56 Å². The number of aromatic nitrogens is 5. The molecule has 0 aliphatic rings. The number of nitrogen functional groups attached to an aromatic ring is 1. The molecule has 9 heteroatoms. The summed E-state index contributed by atoms with van der Waals surface area (Å²) in [6.45, 7) is 0.467. The van der Waals surface area contributed by atoms with Crippen LogP contribution in [0.25, 0.3) is 0 Å². The zero-order valence-electron chi connectivity index (χ0n) is 9.65. The SMILES string of the molecule is Cn1cc(Cn2c(N)nnc2SCC(=O)O)cn1. The van der Waals surface area contributed by atoms with Gasteiger partial charge in [0.05, 0.1) is 18.5 Å². The third-order valence-corrected chi connectivity index (χ3v) is 3.12. The van der Waals surface area contributed by atoms with Crippen molar-refractivity contribution in [2.45, 2.75) is 11.7 Å². The number of anilines is 1. The van der Waals surface area contributed by atoms with Gasteiger partial charge < -0.3 is 10.8 Å². The van der Waals surface area contributed by atoms with Crippen LogP contribution < -0.4 is 5.73 Å². The third-order valence-electron chi connectivity index (χ3n) is 2.17. The van der Waals surface area contributed by atoms with Gasteiger partial charge in [0.2, 0.25) is 5.95 Å². The Bertz CT molecular complexity index is 563. The van der Waals surface area contributed by atoms with Gasteiger partial charge in [-0.05, 0) is 0 Å². The van der Waals surface area contributed by atoms with Crippen molar-refractivity contribution in [3.05, 3.63) is 18.0 Å². The van der Waals surface area contributed by atoms with Gasteiger partial charge in [-0.2, -0.15) is 5.10 Å². The van der Waals surface area contributed by atoms with Crippen molar-refractivity contribution in [2.75, 3.05) is 11.5 Å². The highest BCUT2D eigenvalue weighted by Crippen LogP contribution is 2.19. The minimum atomic E-state index is -0.908. The normalized spacial score (nSPS) is 10.7. The summed E-state index contributed by atoms with van der Waals surface area (Å²) in [5, 5.41) is 20.8. The fourth-order valence-electron chi connectivity index (χ4n) is 1.42. The number of nitrogens with two attached hydrogens (primary N) is 1. The van der Waals surface area contributed by atoms with Gasteiger partial charge in [0.15, 0.2) is 5.16 Å². The van der Waals surface area contributed by atoms with Crippen molar-refractivity contribution in [1.29, 1.82) is 0 Å². The van der Waals surface area contributed by atoms with E-state index < -0.39 is 5.97 Å². The van der Waals surface area contributed by atoms with Crippen molar-refractivity contribution in [2.24, 2.45) is 7.05 Å². The molecule has 2 aromatic heterocycles. The first-order valence-corrected chi connectivity index (χ1v) is 6.05.